The van der Waals surface area contributed by atoms with Crippen LogP contribution < -0.4 is 0 Å². The van der Waals surface area contributed by atoms with Crippen LogP contribution in [0.15, 0.2) is 18.2 Å². The second kappa shape index (κ2) is 3.57. The van der Waals surface area contributed by atoms with Gasteiger partial charge in [0.1, 0.15) is 5.82 Å². The monoisotopic (exact) mass is 244 g/mol. The van der Waals surface area contributed by atoms with Crippen LogP contribution in [0, 0.1) is 0 Å². The number of carboxylic acid groups (broad SMARTS) is 1. The van der Waals surface area contributed by atoms with Crippen LogP contribution in [0.5, 0.6) is 0 Å². The number of hydrogen-bond acceptors (Lipinski definition) is 2. The van der Waals surface area contributed by atoms with Crippen LogP contribution in [0.1, 0.15) is 42.9 Å². The Morgan fingerprint density at radius 1 is 1.50 bits per heavy atom. The van der Waals surface area contributed by atoms with E-state index in [0.717, 1.165) is 36.1 Å². The minimum Gasteiger partial charge on any atom is -0.478 e. The van der Waals surface area contributed by atoms with Gasteiger partial charge in [-0.15, -0.1) is 0 Å². The Balaban J connectivity index is 2.29. The van der Waals surface area contributed by atoms with Gasteiger partial charge in [0.25, 0.3) is 0 Å². The summed E-state index contributed by atoms with van der Waals surface area (Å²) >= 11 is 0. The van der Waals surface area contributed by atoms with Crippen LogP contribution in [0.4, 0.5) is 0 Å². The molecule has 0 aliphatic heterocycles. The highest BCUT2D eigenvalue weighted by atomic mass is 16.4. The van der Waals surface area contributed by atoms with Crippen molar-refractivity contribution in [3.05, 3.63) is 29.6 Å². The molecule has 4 heteroatoms. The molecular formula is C14H16N2O2. The maximum Gasteiger partial charge on any atom is 0.335 e. The number of aromatic carboxylic acids is 1. The highest BCUT2D eigenvalue weighted by molar-refractivity contribution is 5.92. The van der Waals surface area contributed by atoms with Gasteiger partial charge in [-0.05, 0) is 38.0 Å². The normalized spacial score (nSPS) is 17.0. The van der Waals surface area contributed by atoms with Gasteiger partial charge in [0, 0.05) is 12.0 Å². The second-order valence-corrected chi connectivity index (χ2v) is 5.22. The average Bonchev–Trinajstić information content (AvgIpc) is 2.97. The molecule has 18 heavy (non-hydrogen) atoms. The highest BCUT2D eigenvalue weighted by Gasteiger charge is 2.41. The summed E-state index contributed by atoms with van der Waals surface area (Å²) in [5.74, 6) is 0.163. The molecule has 1 heterocycles. The SMILES string of the molecule is CCc1nc2ccc(C(=O)O)cc2n1C1(C)CC1. The number of imidazole rings is 1. The zero-order valence-corrected chi connectivity index (χ0v) is 10.6. The first-order chi connectivity index (χ1) is 8.55. The fraction of sp³-hybridized carbons (Fsp3) is 0.429. The Hall–Kier alpha value is -1.84. The van der Waals surface area contributed by atoms with Crippen molar-refractivity contribution in [1.29, 1.82) is 0 Å². The lowest BCUT2D eigenvalue weighted by Gasteiger charge is -2.15. The summed E-state index contributed by atoms with van der Waals surface area (Å²) in [7, 11) is 0. The Kier molecular flexibility index (Phi) is 2.24. The van der Waals surface area contributed by atoms with Crippen LogP contribution in [0.2, 0.25) is 0 Å². The standard InChI is InChI=1S/C14H16N2O2/c1-3-12-15-10-5-4-9(13(17)18)8-11(10)16(12)14(2)6-7-14/h4-5,8H,3,6-7H2,1-2H3,(H,17,18). The van der Waals surface area contributed by atoms with Crippen LogP contribution >= 0.6 is 0 Å². The molecule has 1 aliphatic carbocycles. The van der Waals surface area contributed by atoms with Gasteiger partial charge in [0.2, 0.25) is 0 Å². The molecule has 94 valence electrons. The van der Waals surface area contributed by atoms with Crippen molar-refractivity contribution < 1.29 is 9.90 Å². The Morgan fingerprint density at radius 3 is 2.78 bits per heavy atom. The van der Waals surface area contributed by atoms with Crippen molar-refractivity contribution in [2.45, 2.75) is 38.6 Å². The fourth-order valence-electron chi connectivity index (χ4n) is 2.50. The Morgan fingerprint density at radius 2 is 2.22 bits per heavy atom. The van der Waals surface area contributed by atoms with E-state index in [1.165, 1.54) is 0 Å². The molecule has 1 aromatic carbocycles. The smallest absolute Gasteiger partial charge is 0.335 e. The van der Waals surface area contributed by atoms with Gasteiger partial charge in [-0.2, -0.15) is 0 Å². The van der Waals surface area contributed by atoms with Gasteiger partial charge in [0.05, 0.1) is 16.6 Å². The lowest BCUT2D eigenvalue weighted by atomic mass is 10.2. The predicted octanol–water partition coefficient (Wildman–Crippen LogP) is 2.81. The van der Waals surface area contributed by atoms with E-state index in [9.17, 15) is 4.79 Å². The molecule has 4 nitrogen and oxygen atoms in total. The summed E-state index contributed by atoms with van der Waals surface area (Å²) in [5, 5.41) is 9.09. The van der Waals surface area contributed by atoms with Crippen molar-refractivity contribution in [1.82, 2.24) is 9.55 Å². The van der Waals surface area contributed by atoms with Gasteiger partial charge in [-0.1, -0.05) is 6.92 Å². The van der Waals surface area contributed by atoms with E-state index in [1.807, 2.05) is 0 Å². The van der Waals surface area contributed by atoms with Gasteiger partial charge in [-0.3, -0.25) is 0 Å². The molecule has 0 saturated heterocycles. The minimum atomic E-state index is -0.886. The van der Waals surface area contributed by atoms with E-state index in [1.54, 1.807) is 18.2 Å². The third-order valence-corrected chi connectivity index (χ3v) is 3.80. The third kappa shape index (κ3) is 1.52. The van der Waals surface area contributed by atoms with Crippen LogP contribution in [0.25, 0.3) is 11.0 Å². The van der Waals surface area contributed by atoms with Gasteiger partial charge in [0.15, 0.2) is 0 Å². The number of rotatable bonds is 3. The third-order valence-electron chi connectivity index (χ3n) is 3.80. The molecule has 2 aromatic rings. The fourth-order valence-corrected chi connectivity index (χ4v) is 2.50. The molecule has 0 bridgehead atoms. The van der Waals surface area contributed by atoms with Gasteiger partial charge >= 0.3 is 5.97 Å². The summed E-state index contributed by atoms with van der Waals surface area (Å²) in [6.07, 6.45) is 3.15. The molecule has 1 aromatic heterocycles. The van der Waals surface area contributed by atoms with E-state index >= 15 is 0 Å². The topological polar surface area (TPSA) is 55.1 Å². The zero-order chi connectivity index (χ0) is 12.9. The molecule has 1 N–H and O–H groups in total. The number of fused-ring (bicyclic) bond motifs is 1. The summed E-state index contributed by atoms with van der Waals surface area (Å²) in [5.41, 5.74) is 2.31. The summed E-state index contributed by atoms with van der Waals surface area (Å²) in [4.78, 5) is 15.7. The number of nitrogens with zero attached hydrogens (tertiary/aromatic N) is 2. The minimum absolute atomic E-state index is 0.136. The van der Waals surface area contributed by atoms with E-state index in [-0.39, 0.29) is 5.54 Å². The highest BCUT2D eigenvalue weighted by Crippen LogP contribution is 2.45. The van der Waals surface area contributed by atoms with Crippen molar-refractivity contribution in [3.63, 3.8) is 0 Å². The number of carbonyl (C=O) groups is 1. The zero-order valence-electron chi connectivity index (χ0n) is 10.6. The molecule has 0 radical (unpaired) electrons. The summed E-state index contributed by atoms with van der Waals surface area (Å²) in [6, 6.07) is 5.17. The molecule has 3 rings (SSSR count). The van der Waals surface area contributed by atoms with E-state index in [4.69, 9.17) is 5.11 Å². The van der Waals surface area contributed by atoms with E-state index < -0.39 is 5.97 Å². The number of aryl methyl sites for hydroxylation is 1. The maximum atomic E-state index is 11.1. The molecular weight excluding hydrogens is 228 g/mol. The van der Waals surface area contributed by atoms with E-state index in [0.29, 0.717) is 5.56 Å². The van der Waals surface area contributed by atoms with Crippen molar-refractivity contribution in [2.75, 3.05) is 0 Å². The molecule has 0 spiro atoms. The van der Waals surface area contributed by atoms with Crippen molar-refractivity contribution >= 4 is 17.0 Å². The number of hydrogen-bond donors (Lipinski definition) is 1. The molecule has 0 unspecified atom stereocenters. The predicted molar refractivity (Wildman–Crippen MR) is 69.0 cm³/mol. The Bertz CT molecular complexity index is 639. The van der Waals surface area contributed by atoms with Gasteiger partial charge < -0.3 is 9.67 Å². The first-order valence-electron chi connectivity index (χ1n) is 6.30. The van der Waals surface area contributed by atoms with Crippen molar-refractivity contribution in [2.24, 2.45) is 0 Å². The average molecular weight is 244 g/mol. The van der Waals surface area contributed by atoms with Crippen LogP contribution in [-0.2, 0) is 12.0 Å². The van der Waals surface area contributed by atoms with Gasteiger partial charge in [-0.25, -0.2) is 9.78 Å². The second-order valence-electron chi connectivity index (χ2n) is 5.22. The van der Waals surface area contributed by atoms with Crippen molar-refractivity contribution in [3.8, 4) is 0 Å². The molecule has 0 atom stereocenters. The number of aromatic nitrogens is 2. The first-order valence-corrected chi connectivity index (χ1v) is 6.30. The maximum absolute atomic E-state index is 11.1. The summed E-state index contributed by atoms with van der Waals surface area (Å²) in [6.45, 7) is 4.29. The largest absolute Gasteiger partial charge is 0.478 e. The molecule has 1 aliphatic rings. The summed E-state index contributed by atoms with van der Waals surface area (Å²) < 4.78 is 2.23. The van der Waals surface area contributed by atoms with E-state index in [2.05, 4.69) is 23.4 Å². The lowest BCUT2D eigenvalue weighted by Crippen LogP contribution is -2.15. The molecule has 1 fully saturated rings. The molecule has 0 amide bonds. The van der Waals surface area contributed by atoms with Crippen LogP contribution in [-0.4, -0.2) is 20.6 Å². The molecule has 1 saturated carbocycles. The lowest BCUT2D eigenvalue weighted by molar-refractivity contribution is 0.0697. The first kappa shape index (κ1) is 11.3. The van der Waals surface area contributed by atoms with Crippen LogP contribution in [0.3, 0.4) is 0 Å². The number of carboxylic acids is 1. The quantitative estimate of drug-likeness (QED) is 0.903. The Labute approximate surface area is 105 Å². The number of benzene rings is 1.